The number of benzene rings is 2. The molecule has 4 aliphatic rings. The second-order valence-corrected chi connectivity index (χ2v) is 21.4. The number of rotatable bonds is 10. The number of methoxy groups -OCH3 is 1. The molecule has 14 nitrogen and oxygen atoms in total. The number of hydrogen-bond donors (Lipinski definition) is 2. The summed E-state index contributed by atoms with van der Waals surface area (Å²) in [6.07, 6.45) is 7.60. The summed E-state index contributed by atoms with van der Waals surface area (Å²) in [4.78, 5) is 72.5. The molecule has 6 atom stereocenters. The van der Waals surface area contributed by atoms with Crippen LogP contribution in [0.2, 0.25) is 0 Å². The zero-order chi connectivity index (χ0) is 48.6. The van der Waals surface area contributed by atoms with Gasteiger partial charge in [-0.1, -0.05) is 63.1 Å². The highest BCUT2D eigenvalue weighted by molar-refractivity contribution is 7.10. The third kappa shape index (κ3) is 9.84. The minimum absolute atomic E-state index is 0.0541. The number of carbonyl (C=O) groups is 4. The maximum absolute atomic E-state index is 15.0. The number of amides is 3. The number of esters is 1. The lowest BCUT2D eigenvalue weighted by atomic mass is 9.84. The summed E-state index contributed by atoms with van der Waals surface area (Å²) in [5.41, 5.74) is 10.6. The molecule has 6 heterocycles. The van der Waals surface area contributed by atoms with Crippen LogP contribution in [0.25, 0.3) is 33.4 Å². The van der Waals surface area contributed by atoms with Gasteiger partial charge in [-0.3, -0.25) is 34.1 Å². The van der Waals surface area contributed by atoms with Crippen LogP contribution in [-0.4, -0.2) is 112 Å². The molecular weight excluding hydrogens is 889 g/mol. The molecule has 0 spiro atoms. The molecule has 5 aromatic rings. The Kier molecular flexibility index (Phi) is 14.4. The molecule has 3 fully saturated rings. The Labute approximate surface area is 410 Å². The van der Waals surface area contributed by atoms with E-state index in [-0.39, 0.29) is 54.7 Å². The molecule has 0 unspecified atom stereocenters. The Morgan fingerprint density at radius 3 is 2.57 bits per heavy atom. The van der Waals surface area contributed by atoms with Crippen molar-refractivity contribution in [3.05, 3.63) is 94.1 Å². The third-order valence-corrected chi connectivity index (χ3v) is 16.0. The van der Waals surface area contributed by atoms with E-state index in [0.29, 0.717) is 43.8 Å². The van der Waals surface area contributed by atoms with Crippen molar-refractivity contribution < 1.29 is 28.7 Å². The predicted molar refractivity (Wildman–Crippen MR) is 268 cm³/mol. The van der Waals surface area contributed by atoms with Gasteiger partial charge in [-0.25, -0.2) is 10.4 Å². The molecule has 2 aromatic carbocycles. The van der Waals surface area contributed by atoms with E-state index in [0.717, 1.165) is 82.5 Å². The summed E-state index contributed by atoms with van der Waals surface area (Å²) < 4.78 is 14.3. The van der Waals surface area contributed by atoms with Crippen molar-refractivity contribution in [3.63, 3.8) is 0 Å². The predicted octanol–water partition coefficient (Wildman–Crippen LogP) is 7.91. The molecular formula is C54H68N8O6S. The van der Waals surface area contributed by atoms with E-state index in [2.05, 4.69) is 84.4 Å². The molecule has 15 heteroatoms. The number of hydrazine groups is 1. The van der Waals surface area contributed by atoms with Gasteiger partial charge in [-0.15, -0.1) is 11.3 Å². The zero-order valence-electron chi connectivity index (χ0n) is 41.2. The summed E-state index contributed by atoms with van der Waals surface area (Å²) >= 11 is 1.45. The lowest BCUT2D eigenvalue weighted by molar-refractivity contribution is -0.155. The number of pyridine rings is 1. The van der Waals surface area contributed by atoms with E-state index in [4.69, 9.17) is 19.4 Å². The van der Waals surface area contributed by atoms with Crippen LogP contribution in [0, 0.1) is 17.3 Å². The number of likely N-dealkylation sites (N-methyl/N-ethyl adjacent to an activating group) is 1. The van der Waals surface area contributed by atoms with Gasteiger partial charge in [0, 0.05) is 78.7 Å². The van der Waals surface area contributed by atoms with Crippen LogP contribution >= 0.6 is 11.3 Å². The van der Waals surface area contributed by atoms with Crippen molar-refractivity contribution in [3.8, 4) is 22.5 Å². The number of likely N-dealkylation sites (tertiary alicyclic amines) is 1. The number of nitrogens with zero attached hydrogens (tertiary/aromatic N) is 6. The summed E-state index contributed by atoms with van der Waals surface area (Å²) in [6.45, 7) is 10.4. The standard InChI is InChI=1S/C54H68N8O6S/c1-8-61-44-23-22-36-28-39(44)40(49(61)37-20-14-25-55-46(37)33(2)67-7)30-54(3,4)32-68-53(66)41-21-15-26-62(58-41)52(65)42(29-45-56-43(36)31-69-45)57-50(63)48(35-18-12-13-19-35)60(6)51(64)38-24-27-59(5)47(38)34-16-10-9-11-17-34/h9-11,14,16-17,20,22-23,25,28,31,33,35,38,41-42,47-48,58H,8,12-13,15,18-19,21,24,26-27,29-30,32H2,1-7H3,(H,57,63)/t33-,38+,41-,42-,47+,48-/m0/s1. The Morgan fingerprint density at radius 1 is 1.03 bits per heavy atom. The van der Waals surface area contributed by atoms with Crippen LogP contribution in [0.3, 0.4) is 0 Å². The maximum atomic E-state index is 15.0. The van der Waals surface area contributed by atoms with Crippen molar-refractivity contribution in [1.82, 2.24) is 40.1 Å². The molecule has 3 amide bonds. The quantitative estimate of drug-likeness (QED) is 0.132. The summed E-state index contributed by atoms with van der Waals surface area (Å²) in [5, 5.41) is 8.45. The number of thiazole rings is 1. The lowest BCUT2D eigenvalue weighted by Crippen LogP contribution is -2.62. The summed E-state index contributed by atoms with van der Waals surface area (Å²) in [5.74, 6) is -1.58. The number of carbonyl (C=O) groups excluding carboxylic acids is 4. The van der Waals surface area contributed by atoms with Crippen molar-refractivity contribution in [2.45, 2.75) is 122 Å². The highest BCUT2D eigenvalue weighted by Crippen LogP contribution is 2.43. The fourth-order valence-electron chi connectivity index (χ4n) is 11.5. The summed E-state index contributed by atoms with van der Waals surface area (Å²) in [6, 6.07) is 18.0. The van der Waals surface area contributed by atoms with E-state index in [1.54, 1.807) is 25.3 Å². The van der Waals surface area contributed by atoms with Crippen molar-refractivity contribution in [2.24, 2.45) is 17.3 Å². The minimum Gasteiger partial charge on any atom is -0.464 e. The van der Waals surface area contributed by atoms with Gasteiger partial charge < -0.3 is 24.3 Å². The van der Waals surface area contributed by atoms with Crippen LogP contribution in [0.1, 0.15) is 107 Å². The van der Waals surface area contributed by atoms with E-state index in [1.807, 2.05) is 36.6 Å². The first-order valence-corrected chi connectivity index (χ1v) is 25.8. The molecule has 69 heavy (non-hydrogen) atoms. The fourth-order valence-corrected chi connectivity index (χ4v) is 12.4. The van der Waals surface area contributed by atoms with Crippen LogP contribution in [0.4, 0.5) is 0 Å². The van der Waals surface area contributed by atoms with Crippen molar-refractivity contribution >= 4 is 45.9 Å². The van der Waals surface area contributed by atoms with Crippen molar-refractivity contribution in [2.75, 3.05) is 40.9 Å². The second kappa shape index (κ2) is 20.5. The van der Waals surface area contributed by atoms with Gasteiger partial charge in [0.1, 0.15) is 18.1 Å². The van der Waals surface area contributed by atoms with E-state index in [9.17, 15) is 14.4 Å². The van der Waals surface area contributed by atoms with Gasteiger partial charge in [0.2, 0.25) is 11.8 Å². The number of nitrogens with one attached hydrogen (secondary N) is 2. The number of aryl methyl sites for hydroxylation is 1. The maximum Gasteiger partial charge on any atom is 0.324 e. The average Bonchev–Trinajstić information content (AvgIpc) is 4.20. The van der Waals surface area contributed by atoms with Gasteiger partial charge in [-0.2, -0.15) is 0 Å². The largest absolute Gasteiger partial charge is 0.464 e. The Morgan fingerprint density at radius 2 is 1.81 bits per heavy atom. The first-order chi connectivity index (χ1) is 33.3. The topological polar surface area (TPSA) is 151 Å². The molecule has 3 aromatic heterocycles. The first-order valence-electron chi connectivity index (χ1n) is 24.9. The highest BCUT2D eigenvalue weighted by atomic mass is 32.1. The third-order valence-electron chi connectivity index (χ3n) is 15.1. The molecule has 3 aliphatic heterocycles. The number of cyclic esters (lactones) is 1. The number of aromatic nitrogens is 3. The highest BCUT2D eigenvalue weighted by Gasteiger charge is 2.45. The molecule has 366 valence electrons. The molecule has 1 aliphatic carbocycles. The Bertz CT molecular complexity index is 2680. The smallest absolute Gasteiger partial charge is 0.324 e. The van der Waals surface area contributed by atoms with Crippen LogP contribution in [0.5, 0.6) is 0 Å². The Balaban J connectivity index is 1.08. The van der Waals surface area contributed by atoms with E-state index < -0.39 is 29.5 Å². The molecule has 2 saturated heterocycles. The van der Waals surface area contributed by atoms with E-state index in [1.165, 1.54) is 16.3 Å². The summed E-state index contributed by atoms with van der Waals surface area (Å²) in [7, 11) is 5.52. The van der Waals surface area contributed by atoms with Gasteiger partial charge in [-0.05, 0) is 107 Å². The fraction of sp³-hybridized carbons (Fsp3) is 0.519. The van der Waals surface area contributed by atoms with E-state index >= 15 is 4.79 Å². The monoisotopic (exact) mass is 956 g/mol. The molecule has 6 bridgehead atoms. The van der Waals surface area contributed by atoms with Gasteiger partial charge in [0.25, 0.3) is 5.91 Å². The van der Waals surface area contributed by atoms with Crippen LogP contribution in [-0.2, 0) is 48.0 Å². The number of ether oxygens (including phenoxy) is 2. The molecule has 1 saturated carbocycles. The van der Waals surface area contributed by atoms with Crippen LogP contribution < -0.4 is 10.7 Å². The van der Waals surface area contributed by atoms with Gasteiger partial charge >= 0.3 is 5.97 Å². The zero-order valence-corrected chi connectivity index (χ0v) is 42.0. The van der Waals surface area contributed by atoms with Gasteiger partial charge in [0.05, 0.1) is 40.7 Å². The Hall–Kier alpha value is -5.48. The van der Waals surface area contributed by atoms with Crippen LogP contribution in [0.15, 0.2) is 72.2 Å². The normalized spacial score (nSPS) is 23.4. The molecule has 0 radical (unpaired) electrons. The van der Waals surface area contributed by atoms with Crippen molar-refractivity contribution in [1.29, 1.82) is 0 Å². The first kappa shape index (κ1) is 48.5. The lowest BCUT2D eigenvalue weighted by Gasteiger charge is -2.37. The number of fused-ring (bicyclic) bond motifs is 6. The molecule has 9 rings (SSSR count). The minimum atomic E-state index is -1.03. The SMILES string of the molecule is CCn1c(-c2cccnc2[C@H](C)OC)c2c3cc(ccc31)-c1csc(n1)C[C@H](NC(=O)[C@H](C1CCCC1)N(C)C(=O)[C@@H]1CCN(C)[C@@H]1c1ccccc1)C(=O)N1CCC[C@H](N1)C(=O)OCC(C)(C)C2. The molecule has 2 N–H and O–H groups in total. The average molecular weight is 957 g/mol. The second-order valence-electron chi connectivity index (χ2n) is 20.4. The number of hydrogen-bond acceptors (Lipinski definition) is 11. The van der Waals surface area contributed by atoms with Gasteiger partial charge in [0.15, 0.2) is 0 Å².